The molecule has 0 fully saturated rings. The third-order valence-corrected chi connectivity index (χ3v) is 4.90. The van der Waals surface area contributed by atoms with Gasteiger partial charge in [0.1, 0.15) is 10.7 Å². The Labute approximate surface area is 120 Å². The molecule has 102 valence electrons. The maximum absolute atomic E-state index is 12.0. The third-order valence-electron chi connectivity index (χ3n) is 2.44. The number of pyridine rings is 1. The first-order chi connectivity index (χ1) is 8.99. The molecule has 0 radical (unpaired) electrons. The van der Waals surface area contributed by atoms with Gasteiger partial charge in [-0.15, -0.1) is 0 Å². The van der Waals surface area contributed by atoms with Gasteiger partial charge >= 0.3 is 0 Å². The lowest BCUT2D eigenvalue weighted by atomic mass is 10.2. The van der Waals surface area contributed by atoms with E-state index in [1.807, 2.05) is 16.8 Å². The molecule has 0 aliphatic carbocycles. The first-order valence-electron chi connectivity index (χ1n) is 5.41. The van der Waals surface area contributed by atoms with Crippen molar-refractivity contribution in [2.24, 2.45) is 0 Å². The zero-order valence-electron chi connectivity index (χ0n) is 9.84. The zero-order chi connectivity index (χ0) is 13.9. The van der Waals surface area contributed by atoms with E-state index in [9.17, 15) is 8.42 Å². The fourth-order valence-corrected chi connectivity index (χ4v) is 3.36. The van der Waals surface area contributed by atoms with Crippen molar-refractivity contribution < 1.29 is 8.42 Å². The van der Waals surface area contributed by atoms with Gasteiger partial charge in [0, 0.05) is 12.7 Å². The Morgan fingerprint density at radius 2 is 2.26 bits per heavy atom. The molecule has 2 rings (SSSR count). The lowest BCUT2D eigenvalue weighted by Gasteiger charge is -2.07. The zero-order valence-corrected chi connectivity index (χ0v) is 12.2. The van der Waals surface area contributed by atoms with E-state index in [2.05, 4.69) is 9.71 Å². The smallest absolute Gasteiger partial charge is 0.242 e. The van der Waals surface area contributed by atoms with Gasteiger partial charge in [0.05, 0.1) is 5.02 Å². The number of nitrogens with two attached hydrogens (primary N) is 1. The lowest BCUT2D eigenvalue weighted by Crippen LogP contribution is -2.26. The van der Waals surface area contributed by atoms with Crippen LogP contribution < -0.4 is 10.5 Å². The average molecular weight is 318 g/mol. The SMILES string of the molecule is Nc1ncc(S(=O)(=O)NCCc2ccsc2)cc1Cl. The molecule has 3 N–H and O–H groups in total. The van der Waals surface area contributed by atoms with E-state index in [1.54, 1.807) is 11.3 Å². The summed E-state index contributed by atoms with van der Waals surface area (Å²) < 4.78 is 26.5. The van der Waals surface area contributed by atoms with Gasteiger partial charge in [-0.3, -0.25) is 0 Å². The predicted molar refractivity (Wildman–Crippen MR) is 76.9 cm³/mol. The second kappa shape index (κ2) is 5.87. The molecule has 0 amide bonds. The first-order valence-corrected chi connectivity index (χ1v) is 8.21. The van der Waals surface area contributed by atoms with Crippen LogP contribution in [0.25, 0.3) is 0 Å². The summed E-state index contributed by atoms with van der Waals surface area (Å²) in [6.45, 7) is 0.320. The van der Waals surface area contributed by atoms with Crippen LogP contribution in [-0.4, -0.2) is 19.9 Å². The Bertz CT molecular complexity index is 657. The molecule has 0 bridgehead atoms. The molecular weight excluding hydrogens is 306 g/mol. The fourth-order valence-electron chi connectivity index (χ4n) is 1.43. The number of nitrogen functional groups attached to an aromatic ring is 1. The Kier molecular flexibility index (Phi) is 4.41. The maximum atomic E-state index is 12.0. The Morgan fingerprint density at radius 1 is 1.47 bits per heavy atom. The summed E-state index contributed by atoms with van der Waals surface area (Å²) in [5, 5.41) is 4.06. The molecule has 0 atom stereocenters. The second-order valence-electron chi connectivity index (χ2n) is 3.82. The van der Waals surface area contributed by atoms with Crippen LogP contribution in [0.3, 0.4) is 0 Å². The van der Waals surface area contributed by atoms with Gasteiger partial charge in [-0.05, 0) is 34.9 Å². The highest BCUT2D eigenvalue weighted by Gasteiger charge is 2.15. The molecule has 0 aliphatic heterocycles. The van der Waals surface area contributed by atoms with Crippen LogP contribution in [-0.2, 0) is 16.4 Å². The Balaban J connectivity index is 2.03. The van der Waals surface area contributed by atoms with Crippen molar-refractivity contribution in [1.29, 1.82) is 0 Å². The molecule has 0 spiro atoms. The number of hydrogen-bond acceptors (Lipinski definition) is 5. The minimum absolute atomic E-state index is 0.0111. The lowest BCUT2D eigenvalue weighted by molar-refractivity contribution is 0.581. The number of sulfonamides is 1. The van der Waals surface area contributed by atoms with Crippen LogP contribution in [0.2, 0.25) is 5.02 Å². The van der Waals surface area contributed by atoms with Gasteiger partial charge in [0.25, 0.3) is 0 Å². The van der Waals surface area contributed by atoms with Gasteiger partial charge in [-0.1, -0.05) is 11.6 Å². The van der Waals surface area contributed by atoms with Crippen LogP contribution >= 0.6 is 22.9 Å². The molecule has 2 heterocycles. The van der Waals surface area contributed by atoms with Crippen molar-refractivity contribution in [2.45, 2.75) is 11.3 Å². The number of hydrogen-bond donors (Lipinski definition) is 2. The molecular formula is C11H12ClN3O2S2. The van der Waals surface area contributed by atoms with Gasteiger partial charge in [0.15, 0.2) is 0 Å². The number of nitrogens with zero attached hydrogens (tertiary/aromatic N) is 1. The molecule has 0 unspecified atom stereocenters. The van der Waals surface area contributed by atoms with Crippen molar-refractivity contribution in [1.82, 2.24) is 9.71 Å². The average Bonchev–Trinajstić information content (AvgIpc) is 2.85. The van der Waals surface area contributed by atoms with E-state index in [-0.39, 0.29) is 15.7 Å². The highest BCUT2D eigenvalue weighted by molar-refractivity contribution is 7.89. The molecule has 8 heteroatoms. The normalized spacial score (nSPS) is 11.6. The van der Waals surface area contributed by atoms with E-state index in [0.29, 0.717) is 13.0 Å². The summed E-state index contributed by atoms with van der Waals surface area (Å²) in [5.74, 6) is 0.110. The standard InChI is InChI=1S/C11H12ClN3O2S2/c12-10-5-9(6-14-11(10)13)19(16,17)15-3-1-8-2-4-18-7-8/h2,4-7,15H,1,3H2,(H2,13,14). The van der Waals surface area contributed by atoms with Gasteiger partial charge in [0.2, 0.25) is 10.0 Å². The molecule has 0 aromatic carbocycles. The summed E-state index contributed by atoms with van der Waals surface area (Å²) in [7, 11) is -3.60. The Morgan fingerprint density at radius 3 is 2.89 bits per heavy atom. The quantitative estimate of drug-likeness (QED) is 0.882. The topological polar surface area (TPSA) is 85.1 Å². The molecule has 2 aromatic rings. The second-order valence-corrected chi connectivity index (χ2v) is 6.77. The first kappa shape index (κ1) is 14.3. The van der Waals surface area contributed by atoms with Crippen LogP contribution in [0.1, 0.15) is 5.56 Å². The van der Waals surface area contributed by atoms with Crippen molar-refractivity contribution in [3.63, 3.8) is 0 Å². The summed E-state index contributed by atoms with van der Waals surface area (Å²) in [6.07, 6.45) is 1.83. The summed E-state index contributed by atoms with van der Waals surface area (Å²) in [5.41, 5.74) is 6.54. The van der Waals surface area contributed by atoms with Crippen molar-refractivity contribution in [3.05, 3.63) is 39.7 Å². The highest BCUT2D eigenvalue weighted by Crippen LogP contribution is 2.19. The molecule has 5 nitrogen and oxygen atoms in total. The largest absolute Gasteiger partial charge is 0.382 e. The minimum atomic E-state index is -3.60. The van der Waals surface area contributed by atoms with E-state index in [4.69, 9.17) is 17.3 Å². The third kappa shape index (κ3) is 3.66. The van der Waals surface area contributed by atoms with E-state index in [0.717, 1.165) is 5.56 Å². The molecule has 19 heavy (non-hydrogen) atoms. The van der Waals surface area contributed by atoms with Crippen LogP contribution in [0.15, 0.2) is 34.0 Å². The number of thiophene rings is 1. The van der Waals surface area contributed by atoms with Crippen molar-refractivity contribution in [2.75, 3.05) is 12.3 Å². The van der Waals surface area contributed by atoms with E-state index >= 15 is 0 Å². The predicted octanol–water partition coefficient (Wildman–Crippen LogP) is 1.90. The molecule has 0 saturated carbocycles. The van der Waals surface area contributed by atoms with Crippen LogP contribution in [0, 0.1) is 0 Å². The summed E-state index contributed by atoms with van der Waals surface area (Å²) in [4.78, 5) is 3.74. The molecule has 0 aliphatic rings. The summed E-state index contributed by atoms with van der Waals surface area (Å²) in [6, 6.07) is 3.25. The van der Waals surface area contributed by atoms with Crippen molar-refractivity contribution >= 4 is 38.8 Å². The monoisotopic (exact) mass is 317 g/mol. The fraction of sp³-hybridized carbons (Fsp3) is 0.182. The van der Waals surface area contributed by atoms with Crippen LogP contribution in [0.5, 0.6) is 0 Å². The molecule has 0 saturated heterocycles. The molecule has 2 aromatic heterocycles. The number of halogens is 1. The number of rotatable bonds is 5. The number of aromatic nitrogens is 1. The van der Waals surface area contributed by atoms with Gasteiger partial charge in [-0.25, -0.2) is 18.1 Å². The van der Waals surface area contributed by atoms with Crippen molar-refractivity contribution in [3.8, 4) is 0 Å². The highest BCUT2D eigenvalue weighted by atomic mass is 35.5. The van der Waals surface area contributed by atoms with E-state index < -0.39 is 10.0 Å². The summed E-state index contributed by atoms with van der Waals surface area (Å²) >= 11 is 7.34. The van der Waals surface area contributed by atoms with E-state index in [1.165, 1.54) is 12.3 Å². The number of anilines is 1. The van der Waals surface area contributed by atoms with Crippen LogP contribution in [0.4, 0.5) is 5.82 Å². The van der Waals surface area contributed by atoms with Gasteiger partial charge < -0.3 is 5.73 Å². The minimum Gasteiger partial charge on any atom is -0.382 e. The van der Waals surface area contributed by atoms with Gasteiger partial charge in [-0.2, -0.15) is 11.3 Å². The Hall–Kier alpha value is -1.15. The number of nitrogens with one attached hydrogen (secondary N) is 1. The maximum Gasteiger partial charge on any atom is 0.242 e.